The molecule has 2 aromatic carbocycles. The second-order valence-corrected chi connectivity index (χ2v) is 6.72. The summed E-state index contributed by atoms with van der Waals surface area (Å²) in [5.74, 6) is 0.940. The summed E-state index contributed by atoms with van der Waals surface area (Å²) in [7, 11) is 1.60. The first-order valence-electron chi connectivity index (χ1n) is 8.45. The number of fused-ring (bicyclic) bond motifs is 3. The van der Waals surface area contributed by atoms with Crippen LogP contribution in [0.1, 0.15) is 35.1 Å². The van der Waals surface area contributed by atoms with Gasteiger partial charge >= 0.3 is 0 Å². The molecule has 0 radical (unpaired) electrons. The predicted molar refractivity (Wildman–Crippen MR) is 97.2 cm³/mol. The van der Waals surface area contributed by atoms with Gasteiger partial charge in [-0.1, -0.05) is 42.0 Å². The Hall–Kier alpha value is -2.82. The molecule has 5 heteroatoms. The number of rotatable bonds is 3. The fourth-order valence-corrected chi connectivity index (χ4v) is 4.10. The lowest BCUT2D eigenvalue weighted by molar-refractivity contribution is -0.385. The average Bonchev–Trinajstić information content (AvgIpc) is 3.10. The van der Waals surface area contributed by atoms with Crippen LogP contribution in [-0.4, -0.2) is 12.0 Å². The van der Waals surface area contributed by atoms with E-state index < -0.39 is 0 Å². The molecule has 0 saturated carbocycles. The average molecular weight is 336 g/mol. The molecule has 0 saturated heterocycles. The van der Waals surface area contributed by atoms with E-state index in [0.29, 0.717) is 5.75 Å². The molecule has 5 nitrogen and oxygen atoms in total. The summed E-state index contributed by atoms with van der Waals surface area (Å²) in [5.41, 5.74) is 4.06. The first kappa shape index (κ1) is 15.7. The lowest BCUT2D eigenvalue weighted by atomic mass is 9.76. The highest BCUT2D eigenvalue weighted by atomic mass is 16.6. The summed E-state index contributed by atoms with van der Waals surface area (Å²) in [6, 6.07) is 11.8. The highest BCUT2D eigenvalue weighted by molar-refractivity contribution is 5.73. The van der Waals surface area contributed by atoms with Crippen LogP contribution < -0.4 is 10.1 Å². The minimum atomic E-state index is -0.296. The van der Waals surface area contributed by atoms with Crippen molar-refractivity contribution in [3.63, 3.8) is 0 Å². The third-order valence-corrected chi connectivity index (χ3v) is 5.31. The molecule has 4 rings (SSSR count). The molecule has 0 spiro atoms. The van der Waals surface area contributed by atoms with Crippen molar-refractivity contribution >= 4 is 11.4 Å². The molecular formula is C20H20N2O3. The van der Waals surface area contributed by atoms with Crippen LogP contribution in [0.2, 0.25) is 0 Å². The molecule has 1 aliphatic heterocycles. The van der Waals surface area contributed by atoms with E-state index in [1.807, 2.05) is 0 Å². The largest absolute Gasteiger partial charge is 0.495 e. The third kappa shape index (κ3) is 2.47. The Morgan fingerprint density at radius 3 is 2.64 bits per heavy atom. The normalized spacial score (nSPS) is 23.5. The highest BCUT2D eigenvalue weighted by Crippen LogP contribution is 2.54. The summed E-state index contributed by atoms with van der Waals surface area (Å²) in [4.78, 5) is 11.3. The lowest BCUT2D eigenvalue weighted by Crippen LogP contribution is -2.30. The molecule has 0 aromatic heterocycles. The number of benzene rings is 2. The van der Waals surface area contributed by atoms with Crippen molar-refractivity contribution in [3.05, 3.63) is 75.4 Å². The zero-order chi connectivity index (χ0) is 17.6. The molecule has 2 aliphatic rings. The van der Waals surface area contributed by atoms with Crippen LogP contribution in [-0.2, 0) is 0 Å². The van der Waals surface area contributed by atoms with Gasteiger partial charge in [-0.2, -0.15) is 0 Å². The van der Waals surface area contributed by atoms with Gasteiger partial charge in [0, 0.05) is 12.0 Å². The van der Waals surface area contributed by atoms with E-state index in [9.17, 15) is 10.1 Å². The first-order chi connectivity index (χ1) is 12.1. The summed E-state index contributed by atoms with van der Waals surface area (Å²) in [6.07, 6.45) is 5.15. The van der Waals surface area contributed by atoms with Gasteiger partial charge in [0.2, 0.25) is 0 Å². The number of ether oxygens (including phenoxy) is 1. The van der Waals surface area contributed by atoms with Crippen molar-refractivity contribution in [2.45, 2.75) is 25.3 Å². The standard InChI is InChI=1S/C20H20N2O3/c1-12-6-8-13(9-7-12)19-15-5-3-4-14(15)18-16(22(23)24)10-11-17(25-2)20(18)21-19/h3-4,6-11,14-15,19,21H,5H2,1-2H3/t14-,15+,19+/m0/s1. The van der Waals surface area contributed by atoms with Crippen LogP contribution in [0.4, 0.5) is 11.4 Å². The molecule has 1 aliphatic carbocycles. The van der Waals surface area contributed by atoms with E-state index in [1.54, 1.807) is 19.2 Å². The molecule has 128 valence electrons. The Kier molecular flexibility index (Phi) is 3.71. The topological polar surface area (TPSA) is 64.4 Å². The fraction of sp³-hybridized carbons (Fsp3) is 0.300. The van der Waals surface area contributed by atoms with Crippen molar-refractivity contribution < 1.29 is 9.66 Å². The van der Waals surface area contributed by atoms with Gasteiger partial charge in [0.15, 0.2) is 0 Å². The number of nitrogens with one attached hydrogen (secondary N) is 1. The molecule has 1 N–H and O–H groups in total. The molecule has 0 bridgehead atoms. The van der Waals surface area contributed by atoms with Crippen molar-refractivity contribution in [1.82, 2.24) is 0 Å². The summed E-state index contributed by atoms with van der Waals surface area (Å²) < 4.78 is 5.49. The van der Waals surface area contributed by atoms with Crippen LogP contribution in [0.25, 0.3) is 0 Å². The van der Waals surface area contributed by atoms with Gasteiger partial charge in [-0.15, -0.1) is 0 Å². The predicted octanol–water partition coefficient (Wildman–Crippen LogP) is 4.74. The smallest absolute Gasteiger partial charge is 0.275 e. The molecular weight excluding hydrogens is 316 g/mol. The number of nitrogens with zero attached hydrogens (tertiary/aromatic N) is 1. The maximum absolute atomic E-state index is 11.6. The maximum atomic E-state index is 11.6. The Balaban J connectivity index is 1.87. The molecule has 0 amide bonds. The number of nitro benzene ring substituents is 1. The van der Waals surface area contributed by atoms with E-state index in [4.69, 9.17) is 4.74 Å². The number of anilines is 1. The van der Waals surface area contributed by atoms with Crippen LogP contribution in [0.15, 0.2) is 48.6 Å². The van der Waals surface area contributed by atoms with Gasteiger partial charge in [0.25, 0.3) is 5.69 Å². The third-order valence-electron chi connectivity index (χ3n) is 5.31. The van der Waals surface area contributed by atoms with Crippen LogP contribution in [0, 0.1) is 23.0 Å². The van der Waals surface area contributed by atoms with Crippen LogP contribution in [0.5, 0.6) is 5.75 Å². The zero-order valence-corrected chi connectivity index (χ0v) is 14.2. The number of hydrogen-bond acceptors (Lipinski definition) is 4. The number of hydrogen-bond donors (Lipinski definition) is 1. The van der Waals surface area contributed by atoms with Crippen molar-refractivity contribution in [1.29, 1.82) is 0 Å². The zero-order valence-electron chi connectivity index (χ0n) is 14.2. The number of aryl methyl sites for hydroxylation is 1. The van der Waals surface area contributed by atoms with Gasteiger partial charge in [-0.25, -0.2) is 0 Å². The van der Waals surface area contributed by atoms with E-state index in [-0.39, 0.29) is 28.5 Å². The maximum Gasteiger partial charge on any atom is 0.275 e. The number of allylic oxidation sites excluding steroid dienone is 2. The Bertz CT molecular complexity index is 858. The van der Waals surface area contributed by atoms with Gasteiger partial charge in [0.05, 0.1) is 29.3 Å². The van der Waals surface area contributed by atoms with Crippen LogP contribution in [0.3, 0.4) is 0 Å². The quantitative estimate of drug-likeness (QED) is 0.499. The fourth-order valence-electron chi connectivity index (χ4n) is 4.10. The molecule has 3 atom stereocenters. The summed E-state index contributed by atoms with van der Waals surface area (Å²) >= 11 is 0. The van der Waals surface area contributed by atoms with E-state index >= 15 is 0 Å². The minimum Gasteiger partial charge on any atom is -0.495 e. The van der Waals surface area contributed by atoms with E-state index in [1.165, 1.54) is 11.1 Å². The Morgan fingerprint density at radius 2 is 1.96 bits per heavy atom. The SMILES string of the molecule is COc1ccc([N+](=O)[O-])c2c1N[C@H](c1ccc(C)cc1)[C@@H]1CC=C[C@H]21. The van der Waals surface area contributed by atoms with E-state index in [2.05, 4.69) is 48.7 Å². The highest BCUT2D eigenvalue weighted by Gasteiger charge is 2.42. The van der Waals surface area contributed by atoms with Crippen molar-refractivity contribution in [3.8, 4) is 5.75 Å². The number of methoxy groups -OCH3 is 1. The van der Waals surface area contributed by atoms with Crippen LogP contribution >= 0.6 is 0 Å². The molecule has 0 fully saturated rings. The molecule has 0 unspecified atom stereocenters. The molecule has 25 heavy (non-hydrogen) atoms. The van der Waals surface area contributed by atoms with Crippen molar-refractivity contribution in [2.75, 3.05) is 12.4 Å². The molecule has 2 aromatic rings. The van der Waals surface area contributed by atoms with Gasteiger partial charge in [0.1, 0.15) is 5.75 Å². The van der Waals surface area contributed by atoms with Gasteiger partial charge < -0.3 is 10.1 Å². The molecule has 1 heterocycles. The van der Waals surface area contributed by atoms with Gasteiger partial charge in [-0.05, 0) is 30.9 Å². The lowest BCUT2D eigenvalue weighted by Gasteiger charge is -2.37. The van der Waals surface area contributed by atoms with E-state index in [0.717, 1.165) is 17.7 Å². The second-order valence-electron chi connectivity index (χ2n) is 6.72. The summed E-state index contributed by atoms with van der Waals surface area (Å²) in [5, 5.41) is 15.1. The number of nitro groups is 1. The Labute approximate surface area is 146 Å². The first-order valence-corrected chi connectivity index (χ1v) is 8.45. The van der Waals surface area contributed by atoms with Crippen molar-refractivity contribution in [2.24, 2.45) is 5.92 Å². The second kappa shape index (κ2) is 5.92. The Morgan fingerprint density at radius 1 is 1.20 bits per heavy atom. The van der Waals surface area contributed by atoms with Gasteiger partial charge in [-0.3, -0.25) is 10.1 Å². The monoisotopic (exact) mass is 336 g/mol. The summed E-state index contributed by atoms with van der Waals surface area (Å²) in [6.45, 7) is 2.07. The minimum absolute atomic E-state index is 0.0260.